The van der Waals surface area contributed by atoms with Crippen LogP contribution in [0.5, 0.6) is 0 Å². The lowest BCUT2D eigenvalue weighted by Crippen LogP contribution is -2.02. The third kappa shape index (κ3) is 2.20. The summed E-state index contributed by atoms with van der Waals surface area (Å²) in [6.45, 7) is 3.83. The average molecular weight is 230 g/mol. The fourth-order valence-electron chi connectivity index (χ4n) is 1.72. The summed E-state index contributed by atoms with van der Waals surface area (Å²) in [4.78, 5) is 10.9. The van der Waals surface area contributed by atoms with E-state index < -0.39 is 5.97 Å². The van der Waals surface area contributed by atoms with Gasteiger partial charge in [0.25, 0.3) is 0 Å². The van der Waals surface area contributed by atoms with Gasteiger partial charge in [0.2, 0.25) is 0 Å². The van der Waals surface area contributed by atoms with Gasteiger partial charge in [-0.2, -0.15) is 5.10 Å². The fraction of sp³-hybridized carbons (Fsp3) is 0.231. The number of aryl methyl sites for hydroxylation is 2. The normalized spacial score (nSPS) is 10.5. The Morgan fingerprint density at radius 2 is 2.24 bits per heavy atom. The minimum atomic E-state index is -0.993. The van der Waals surface area contributed by atoms with Gasteiger partial charge in [-0.15, -0.1) is 0 Å². The van der Waals surface area contributed by atoms with E-state index in [2.05, 4.69) is 12.0 Å². The van der Waals surface area contributed by atoms with Gasteiger partial charge < -0.3 is 5.11 Å². The first-order chi connectivity index (χ1) is 8.11. The van der Waals surface area contributed by atoms with Gasteiger partial charge in [0.1, 0.15) is 0 Å². The van der Waals surface area contributed by atoms with Crippen LogP contribution in [0.25, 0.3) is 5.69 Å². The zero-order chi connectivity index (χ0) is 12.4. The number of nitrogens with zero attached hydrogens (tertiary/aromatic N) is 2. The second kappa shape index (κ2) is 4.41. The van der Waals surface area contributed by atoms with E-state index in [1.54, 1.807) is 17.8 Å². The minimum Gasteiger partial charge on any atom is -0.476 e. The second-order valence-corrected chi connectivity index (χ2v) is 3.93. The summed E-state index contributed by atoms with van der Waals surface area (Å²) in [7, 11) is 0. The van der Waals surface area contributed by atoms with Crippen LogP contribution in [0.4, 0.5) is 0 Å². The summed E-state index contributed by atoms with van der Waals surface area (Å²) in [5, 5.41) is 13.0. The molecule has 17 heavy (non-hydrogen) atoms. The molecule has 0 atom stereocenters. The van der Waals surface area contributed by atoms with Crippen LogP contribution < -0.4 is 0 Å². The molecular weight excluding hydrogens is 216 g/mol. The molecule has 2 rings (SSSR count). The second-order valence-electron chi connectivity index (χ2n) is 3.93. The molecule has 1 N–H and O–H groups in total. The Labute approximate surface area is 99.5 Å². The van der Waals surface area contributed by atoms with E-state index in [-0.39, 0.29) is 5.69 Å². The lowest BCUT2D eigenvalue weighted by Gasteiger charge is -2.03. The summed E-state index contributed by atoms with van der Waals surface area (Å²) in [5.41, 5.74) is 2.86. The first kappa shape index (κ1) is 11.4. The number of hydrogen-bond acceptors (Lipinski definition) is 2. The number of hydrogen-bond donors (Lipinski definition) is 1. The lowest BCUT2D eigenvalue weighted by molar-refractivity contribution is 0.0689. The molecule has 0 amide bonds. The maximum atomic E-state index is 10.9. The van der Waals surface area contributed by atoms with Gasteiger partial charge in [-0.3, -0.25) is 0 Å². The number of rotatable bonds is 3. The van der Waals surface area contributed by atoms with Gasteiger partial charge in [0.05, 0.1) is 5.69 Å². The van der Waals surface area contributed by atoms with Crippen molar-refractivity contribution in [2.24, 2.45) is 0 Å². The molecule has 0 aliphatic rings. The van der Waals surface area contributed by atoms with Crippen LogP contribution in [0.1, 0.15) is 28.5 Å². The van der Waals surface area contributed by atoms with Gasteiger partial charge in [0, 0.05) is 11.8 Å². The summed E-state index contributed by atoms with van der Waals surface area (Å²) in [5.74, 6) is -0.993. The van der Waals surface area contributed by atoms with E-state index in [0.717, 1.165) is 12.1 Å². The van der Waals surface area contributed by atoms with Crippen molar-refractivity contribution in [1.82, 2.24) is 9.78 Å². The Morgan fingerprint density at radius 3 is 2.82 bits per heavy atom. The molecule has 88 valence electrons. The number of carboxylic acid groups (broad SMARTS) is 1. The summed E-state index contributed by atoms with van der Waals surface area (Å²) >= 11 is 0. The SMILES string of the molecule is CCc1cccc(-n2cc(C)c(C(=O)O)n2)c1. The molecule has 0 aliphatic carbocycles. The molecule has 4 nitrogen and oxygen atoms in total. The van der Waals surface area contributed by atoms with E-state index in [1.807, 2.05) is 24.3 Å². The van der Waals surface area contributed by atoms with Crippen molar-refractivity contribution >= 4 is 5.97 Å². The zero-order valence-corrected chi connectivity index (χ0v) is 9.84. The largest absolute Gasteiger partial charge is 0.476 e. The highest BCUT2D eigenvalue weighted by molar-refractivity contribution is 5.86. The molecule has 1 heterocycles. The van der Waals surface area contributed by atoms with Crippen molar-refractivity contribution < 1.29 is 9.90 Å². The van der Waals surface area contributed by atoms with Crippen molar-refractivity contribution in [2.45, 2.75) is 20.3 Å². The van der Waals surface area contributed by atoms with E-state index in [4.69, 9.17) is 5.11 Å². The molecule has 0 aliphatic heterocycles. The van der Waals surface area contributed by atoms with Crippen LogP contribution in [0.15, 0.2) is 30.5 Å². The Hall–Kier alpha value is -2.10. The van der Waals surface area contributed by atoms with Crippen LogP contribution in [0.3, 0.4) is 0 Å². The number of benzene rings is 1. The molecule has 1 aromatic heterocycles. The van der Waals surface area contributed by atoms with Gasteiger partial charge in [-0.1, -0.05) is 19.1 Å². The van der Waals surface area contributed by atoms with Gasteiger partial charge >= 0.3 is 5.97 Å². The Bertz CT molecular complexity index is 558. The highest BCUT2D eigenvalue weighted by Crippen LogP contribution is 2.13. The van der Waals surface area contributed by atoms with Crippen LogP contribution in [-0.4, -0.2) is 20.9 Å². The molecule has 0 radical (unpaired) electrons. The first-order valence-electron chi connectivity index (χ1n) is 5.50. The average Bonchev–Trinajstić information content (AvgIpc) is 2.71. The van der Waals surface area contributed by atoms with Crippen LogP contribution >= 0.6 is 0 Å². The summed E-state index contributed by atoms with van der Waals surface area (Å²) in [6.07, 6.45) is 2.68. The van der Waals surface area contributed by atoms with E-state index in [0.29, 0.717) is 5.56 Å². The van der Waals surface area contributed by atoms with Crippen LogP contribution in [-0.2, 0) is 6.42 Å². The Balaban J connectivity index is 2.46. The van der Waals surface area contributed by atoms with E-state index >= 15 is 0 Å². The lowest BCUT2D eigenvalue weighted by atomic mass is 10.1. The molecule has 0 fully saturated rings. The smallest absolute Gasteiger partial charge is 0.356 e. The molecule has 4 heteroatoms. The van der Waals surface area contributed by atoms with Crippen molar-refractivity contribution in [2.75, 3.05) is 0 Å². The molecule has 0 spiro atoms. The highest BCUT2D eigenvalue weighted by Gasteiger charge is 2.12. The summed E-state index contributed by atoms with van der Waals surface area (Å²) < 4.78 is 1.61. The van der Waals surface area contributed by atoms with E-state index in [1.165, 1.54) is 5.56 Å². The number of carboxylic acids is 1. The standard InChI is InChI=1S/C13H14N2O2/c1-3-10-5-4-6-11(7-10)15-8-9(2)12(14-15)13(16)17/h4-8H,3H2,1-2H3,(H,16,17). The zero-order valence-electron chi connectivity index (χ0n) is 9.84. The quantitative estimate of drug-likeness (QED) is 0.881. The Kier molecular flexibility index (Phi) is 2.95. The first-order valence-corrected chi connectivity index (χ1v) is 5.50. The topological polar surface area (TPSA) is 55.1 Å². The minimum absolute atomic E-state index is 0.104. The van der Waals surface area contributed by atoms with Gasteiger partial charge in [-0.25, -0.2) is 9.48 Å². The molecule has 0 saturated heterocycles. The molecule has 0 unspecified atom stereocenters. The third-order valence-corrected chi connectivity index (χ3v) is 2.68. The van der Waals surface area contributed by atoms with Crippen molar-refractivity contribution in [1.29, 1.82) is 0 Å². The third-order valence-electron chi connectivity index (χ3n) is 2.68. The molecular formula is C13H14N2O2. The highest BCUT2D eigenvalue weighted by atomic mass is 16.4. The van der Waals surface area contributed by atoms with Crippen molar-refractivity contribution in [3.8, 4) is 5.69 Å². The monoisotopic (exact) mass is 230 g/mol. The molecule has 1 aromatic carbocycles. The predicted molar refractivity (Wildman–Crippen MR) is 64.6 cm³/mol. The predicted octanol–water partition coefficient (Wildman–Crippen LogP) is 2.44. The van der Waals surface area contributed by atoms with Crippen molar-refractivity contribution in [3.63, 3.8) is 0 Å². The fourth-order valence-corrected chi connectivity index (χ4v) is 1.72. The van der Waals surface area contributed by atoms with Crippen LogP contribution in [0.2, 0.25) is 0 Å². The van der Waals surface area contributed by atoms with Gasteiger partial charge in [0.15, 0.2) is 5.69 Å². The van der Waals surface area contributed by atoms with Gasteiger partial charge in [-0.05, 0) is 31.0 Å². The summed E-state index contributed by atoms with van der Waals surface area (Å²) in [6, 6.07) is 7.92. The number of aromatic nitrogens is 2. The maximum absolute atomic E-state index is 10.9. The Morgan fingerprint density at radius 1 is 1.47 bits per heavy atom. The number of carbonyl (C=O) groups is 1. The molecule has 0 saturated carbocycles. The van der Waals surface area contributed by atoms with Crippen molar-refractivity contribution in [3.05, 3.63) is 47.3 Å². The van der Waals surface area contributed by atoms with Crippen LogP contribution in [0, 0.1) is 6.92 Å². The molecule has 2 aromatic rings. The number of aromatic carboxylic acids is 1. The maximum Gasteiger partial charge on any atom is 0.356 e. The molecule has 0 bridgehead atoms. The van der Waals surface area contributed by atoms with E-state index in [9.17, 15) is 4.79 Å².